The summed E-state index contributed by atoms with van der Waals surface area (Å²) in [6, 6.07) is 8.59. The molecule has 3 atom stereocenters. The van der Waals surface area contributed by atoms with Crippen molar-refractivity contribution in [2.75, 3.05) is 0 Å². The van der Waals surface area contributed by atoms with Crippen molar-refractivity contribution in [1.29, 1.82) is 0 Å². The van der Waals surface area contributed by atoms with Crippen molar-refractivity contribution in [1.82, 2.24) is 0 Å². The number of hydrogen-bond donors (Lipinski definition) is 0. The van der Waals surface area contributed by atoms with Crippen molar-refractivity contribution in [2.24, 2.45) is 28.2 Å². The lowest BCUT2D eigenvalue weighted by atomic mass is 9.45. The predicted octanol–water partition coefficient (Wildman–Crippen LogP) is 4.77. The Morgan fingerprint density at radius 3 is 2.39 bits per heavy atom. The van der Waals surface area contributed by atoms with E-state index in [-0.39, 0.29) is 0 Å². The predicted molar refractivity (Wildman–Crippen MR) is 77.4 cm³/mol. The number of aryl methyl sites for hydroxylation is 1. The molecule has 0 N–H and O–H groups in total. The summed E-state index contributed by atoms with van der Waals surface area (Å²) < 4.78 is 0. The van der Waals surface area contributed by atoms with Crippen LogP contribution in [-0.4, -0.2) is 5.71 Å². The van der Waals surface area contributed by atoms with E-state index in [4.69, 9.17) is 4.99 Å². The minimum absolute atomic E-state index is 0.473. The molecule has 0 amide bonds. The van der Waals surface area contributed by atoms with E-state index in [1.165, 1.54) is 24.1 Å². The van der Waals surface area contributed by atoms with E-state index in [2.05, 4.69) is 52.0 Å². The molecule has 0 unspecified atom stereocenters. The van der Waals surface area contributed by atoms with Crippen LogP contribution in [0.4, 0.5) is 5.69 Å². The van der Waals surface area contributed by atoms with E-state index in [0.717, 1.165) is 23.4 Å². The summed E-state index contributed by atoms with van der Waals surface area (Å²) in [6.07, 6.45) is 2.56. The van der Waals surface area contributed by atoms with Crippen LogP contribution in [0.3, 0.4) is 0 Å². The third kappa shape index (κ3) is 1.72. The minimum atomic E-state index is 0.473. The fourth-order valence-corrected chi connectivity index (χ4v) is 4.01. The Morgan fingerprint density at radius 2 is 1.83 bits per heavy atom. The molecule has 2 bridgehead atoms. The number of rotatable bonds is 1. The highest BCUT2D eigenvalue weighted by atomic mass is 14.8. The molecule has 1 aromatic carbocycles. The Bertz CT molecular complexity index is 481. The lowest BCUT2D eigenvalue weighted by molar-refractivity contribution is -0.0338. The number of nitrogens with zero attached hydrogens (tertiary/aromatic N) is 1. The van der Waals surface area contributed by atoms with Crippen LogP contribution in [0.1, 0.15) is 39.2 Å². The number of hydrogen-bond acceptors (Lipinski definition) is 1. The van der Waals surface area contributed by atoms with Gasteiger partial charge in [0.15, 0.2) is 0 Å². The fraction of sp³-hybridized carbons (Fsp3) is 0.588. The van der Waals surface area contributed by atoms with Crippen molar-refractivity contribution in [3.63, 3.8) is 0 Å². The van der Waals surface area contributed by atoms with Gasteiger partial charge < -0.3 is 0 Å². The normalized spacial score (nSPS) is 35.3. The van der Waals surface area contributed by atoms with E-state index in [1.54, 1.807) is 0 Å². The molecule has 0 spiro atoms. The highest BCUT2D eigenvalue weighted by Crippen LogP contribution is 2.60. The maximum absolute atomic E-state index is 4.94. The first kappa shape index (κ1) is 12.0. The van der Waals surface area contributed by atoms with Crippen LogP contribution >= 0.6 is 0 Å². The summed E-state index contributed by atoms with van der Waals surface area (Å²) in [6.45, 7) is 9.37. The molecule has 0 heterocycles. The molecule has 0 saturated heterocycles. The molecule has 1 heteroatoms. The van der Waals surface area contributed by atoms with Gasteiger partial charge in [-0.15, -0.1) is 0 Å². The van der Waals surface area contributed by atoms with E-state index in [9.17, 15) is 0 Å². The zero-order valence-electron chi connectivity index (χ0n) is 11.9. The molecule has 3 fully saturated rings. The minimum Gasteiger partial charge on any atom is -0.258 e. The molecule has 1 aromatic rings. The van der Waals surface area contributed by atoms with Crippen LogP contribution < -0.4 is 0 Å². The smallest absolute Gasteiger partial charge is 0.0629 e. The van der Waals surface area contributed by atoms with Crippen molar-refractivity contribution >= 4 is 11.4 Å². The van der Waals surface area contributed by atoms with Crippen LogP contribution in [-0.2, 0) is 0 Å². The number of benzene rings is 1. The third-order valence-electron chi connectivity index (χ3n) is 5.27. The molecular weight excluding hydrogens is 218 g/mol. The lowest BCUT2D eigenvalue weighted by Gasteiger charge is -2.59. The zero-order valence-corrected chi connectivity index (χ0v) is 11.9. The monoisotopic (exact) mass is 241 g/mol. The summed E-state index contributed by atoms with van der Waals surface area (Å²) in [5.41, 5.74) is 4.35. The van der Waals surface area contributed by atoms with Gasteiger partial charge >= 0.3 is 0 Å². The molecule has 4 rings (SSSR count). The van der Waals surface area contributed by atoms with E-state index >= 15 is 0 Å². The summed E-state index contributed by atoms with van der Waals surface area (Å²) in [5.74, 6) is 2.44. The van der Waals surface area contributed by atoms with E-state index in [1.807, 2.05) is 0 Å². The summed E-state index contributed by atoms with van der Waals surface area (Å²) in [4.78, 5) is 4.94. The van der Waals surface area contributed by atoms with Crippen LogP contribution in [0.15, 0.2) is 29.3 Å². The molecule has 96 valence electrons. The molecule has 3 saturated carbocycles. The van der Waals surface area contributed by atoms with E-state index < -0.39 is 0 Å². The molecular formula is C17H23N. The fourth-order valence-electron chi connectivity index (χ4n) is 4.01. The highest BCUT2D eigenvalue weighted by Gasteiger charge is 2.55. The van der Waals surface area contributed by atoms with Gasteiger partial charge in [0.1, 0.15) is 0 Å². The molecule has 3 aliphatic rings. The largest absolute Gasteiger partial charge is 0.258 e. The Labute approximate surface area is 110 Å². The van der Waals surface area contributed by atoms with Crippen molar-refractivity contribution < 1.29 is 0 Å². The van der Waals surface area contributed by atoms with Gasteiger partial charge in [-0.2, -0.15) is 0 Å². The average molecular weight is 241 g/mol. The van der Waals surface area contributed by atoms with Crippen molar-refractivity contribution in [3.05, 3.63) is 29.8 Å². The second kappa shape index (κ2) is 3.94. The van der Waals surface area contributed by atoms with Crippen LogP contribution in [0.5, 0.6) is 0 Å². The molecule has 18 heavy (non-hydrogen) atoms. The van der Waals surface area contributed by atoms with Gasteiger partial charge in [0, 0.05) is 11.6 Å². The van der Waals surface area contributed by atoms with Gasteiger partial charge in [-0.1, -0.05) is 38.5 Å². The van der Waals surface area contributed by atoms with Crippen LogP contribution in [0.2, 0.25) is 0 Å². The van der Waals surface area contributed by atoms with Crippen LogP contribution in [0.25, 0.3) is 0 Å². The average Bonchev–Trinajstić information content (AvgIpc) is 2.31. The quantitative estimate of drug-likeness (QED) is 0.671. The van der Waals surface area contributed by atoms with Gasteiger partial charge in [0.25, 0.3) is 0 Å². The van der Waals surface area contributed by atoms with Crippen molar-refractivity contribution in [3.8, 4) is 0 Å². The standard InChI is InChI=1S/C17H23N/c1-11-5-7-13(8-6-11)18-16-9-12(2)14-10-15(16)17(14,3)4/h5-8,12,14-15H,9-10H2,1-4H3/t12-,14+,15-/m1/s1. The molecule has 0 aromatic heterocycles. The Morgan fingerprint density at radius 1 is 1.17 bits per heavy atom. The van der Waals surface area contributed by atoms with Gasteiger partial charge in [-0.25, -0.2) is 0 Å². The molecule has 1 nitrogen and oxygen atoms in total. The summed E-state index contributed by atoms with van der Waals surface area (Å²) in [5, 5.41) is 0. The first-order chi connectivity index (χ1) is 8.48. The topological polar surface area (TPSA) is 12.4 Å². The Hall–Kier alpha value is -1.11. The van der Waals surface area contributed by atoms with Crippen LogP contribution in [0, 0.1) is 30.1 Å². The maximum Gasteiger partial charge on any atom is 0.0629 e. The van der Waals surface area contributed by atoms with Gasteiger partial charge in [0.05, 0.1) is 5.69 Å². The molecule has 3 aliphatic carbocycles. The highest BCUT2D eigenvalue weighted by molar-refractivity contribution is 5.92. The van der Waals surface area contributed by atoms with Gasteiger partial charge in [-0.3, -0.25) is 4.99 Å². The Balaban J connectivity index is 1.90. The molecule has 0 aliphatic heterocycles. The van der Waals surface area contributed by atoms with Gasteiger partial charge in [-0.05, 0) is 49.1 Å². The third-order valence-corrected chi connectivity index (χ3v) is 5.27. The second-order valence-corrected chi connectivity index (χ2v) is 6.84. The van der Waals surface area contributed by atoms with Crippen molar-refractivity contribution in [2.45, 2.75) is 40.5 Å². The lowest BCUT2D eigenvalue weighted by Crippen LogP contribution is -2.56. The summed E-state index contributed by atoms with van der Waals surface area (Å²) >= 11 is 0. The molecule has 0 radical (unpaired) electrons. The number of fused-ring (bicyclic) bond motifs is 2. The SMILES string of the molecule is Cc1ccc(N=C2C[C@@H](C)[C@@H]3C[C@H]2C3(C)C)cc1. The van der Waals surface area contributed by atoms with Gasteiger partial charge in [0.2, 0.25) is 0 Å². The second-order valence-electron chi connectivity index (χ2n) is 6.84. The first-order valence-corrected chi connectivity index (χ1v) is 7.12. The van der Waals surface area contributed by atoms with E-state index in [0.29, 0.717) is 5.41 Å². The number of aliphatic imine (C=N–C) groups is 1. The Kier molecular flexibility index (Phi) is 2.62. The first-order valence-electron chi connectivity index (χ1n) is 7.12. The summed E-state index contributed by atoms with van der Waals surface area (Å²) in [7, 11) is 0. The maximum atomic E-state index is 4.94. The zero-order chi connectivity index (χ0) is 12.9.